The fourth-order valence-corrected chi connectivity index (χ4v) is 4.13. The maximum absolute atomic E-state index is 4.75. The first kappa shape index (κ1) is 17.3. The Kier molecular flexibility index (Phi) is 6.24. The van der Waals surface area contributed by atoms with Gasteiger partial charge in [-0.1, -0.05) is 19.8 Å². The molecule has 0 amide bonds. The van der Waals surface area contributed by atoms with Gasteiger partial charge in [-0.05, 0) is 45.4 Å². The van der Waals surface area contributed by atoms with E-state index in [4.69, 9.17) is 4.99 Å². The molecule has 1 aromatic rings. The topological polar surface area (TPSA) is 49.3 Å². The maximum atomic E-state index is 4.75. The van der Waals surface area contributed by atoms with E-state index in [1.807, 2.05) is 0 Å². The zero-order valence-electron chi connectivity index (χ0n) is 14.5. The second-order valence-electron chi connectivity index (χ2n) is 6.35. The number of thiazole rings is 1. The zero-order valence-corrected chi connectivity index (χ0v) is 15.3. The van der Waals surface area contributed by atoms with Crippen molar-refractivity contribution in [3.05, 3.63) is 15.6 Å². The number of aromatic nitrogens is 1. The number of aryl methyl sites for hydroxylation is 2. The molecule has 1 aliphatic rings. The van der Waals surface area contributed by atoms with Crippen molar-refractivity contribution in [2.45, 2.75) is 66.3 Å². The molecule has 0 unspecified atom stereocenters. The lowest BCUT2D eigenvalue weighted by Gasteiger charge is -2.28. The number of aliphatic imine (C=N–C) groups is 1. The highest BCUT2D eigenvalue weighted by Crippen LogP contribution is 2.40. The predicted octanol–water partition coefficient (Wildman–Crippen LogP) is 3.79. The summed E-state index contributed by atoms with van der Waals surface area (Å²) in [6.07, 6.45) is 6.71. The number of hydrogen-bond acceptors (Lipinski definition) is 3. The maximum Gasteiger partial charge on any atom is 0.191 e. The first-order valence-corrected chi connectivity index (χ1v) is 9.35. The number of hydrogen-bond donors (Lipinski definition) is 2. The number of nitrogens with zero attached hydrogens (tertiary/aromatic N) is 2. The molecule has 1 aliphatic carbocycles. The molecule has 2 N–H and O–H groups in total. The van der Waals surface area contributed by atoms with E-state index in [1.165, 1.54) is 37.0 Å². The molecule has 1 saturated carbocycles. The van der Waals surface area contributed by atoms with Gasteiger partial charge in [0.05, 0.1) is 17.2 Å². The lowest BCUT2D eigenvalue weighted by atomic mass is 9.83. The number of nitrogens with one attached hydrogen (secondary N) is 2. The average Bonchev–Trinajstić information content (AvgIpc) is 3.09. The van der Waals surface area contributed by atoms with Crippen molar-refractivity contribution in [2.24, 2.45) is 10.4 Å². The molecule has 0 atom stereocenters. The summed E-state index contributed by atoms with van der Waals surface area (Å²) in [5.41, 5.74) is 1.59. The third-order valence-electron chi connectivity index (χ3n) is 4.77. The van der Waals surface area contributed by atoms with Gasteiger partial charge in [0, 0.05) is 18.0 Å². The molecule has 1 aromatic heterocycles. The SMILES string of the molecule is CCNC(=NCc1sc(C)nc1C)NCC1(CC)CCCC1. The molecular weight excluding hydrogens is 292 g/mol. The molecular formula is C17H30N4S. The molecule has 1 fully saturated rings. The Bertz CT molecular complexity index is 501. The largest absolute Gasteiger partial charge is 0.357 e. The standard InChI is InChI=1S/C17H30N4S/c1-5-17(9-7-8-10-17)12-20-16(18-6-2)19-11-15-13(3)21-14(4)22-15/h5-12H2,1-4H3,(H2,18,19,20). The lowest BCUT2D eigenvalue weighted by molar-refractivity contribution is 0.283. The minimum atomic E-state index is 0.479. The summed E-state index contributed by atoms with van der Waals surface area (Å²) >= 11 is 1.75. The molecule has 4 nitrogen and oxygen atoms in total. The van der Waals surface area contributed by atoms with Gasteiger partial charge in [-0.15, -0.1) is 11.3 Å². The Morgan fingerprint density at radius 2 is 1.95 bits per heavy atom. The number of rotatable bonds is 6. The summed E-state index contributed by atoms with van der Waals surface area (Å²) in [6, 6.07) is 0. The van der Waals surface area contributed by atoms with Crippen molar-refractivity contribution in [2.75, 3.05) is 13.1 Å². The van der Waals surface area contributed by atoms with E-state index >= 15 is 0 Å². The lowest BCUT2D eigenvalue weighted by Crippen LogP contribution is -2.42. The van der Waals surface area contributed by atoms with Gasteiger partial charge >= 0.3 is 0 Å². The van der Waals surface area contributed by atoms with Crippen molar-refractivity contribution >= 4 is 17.3 Å². The second-order valence-corrected chi connectivity index (χ2v) is 7.64. The van der Waals surface area contributed by atoms with Crippen molar-refractivity contribution in [3.8, 4) is 0 Å². The zero-order chi connectivity index (χ0) is 16.0. The van der Waals surface area contributed by atoms with Gasteiger partial charge in [-0.3, -0.25) is 0 Å². The molecule has 124 valence electrons. The monoisotopic (exact) mass is 322 g/mol. The second kappa shape index (κ2) is 7.95. The van der Waals surface area contributed by atoms with E-state index in [2.05, 4.69) is 43.3 Å². The molecule has 2 rings (SSSR count). The molecule has 1 heterocycles. The number of guanidine groups is 1. The minimum absolute atomic E-state index is 0.479. The van der Waals surface area contributed by atoms with Gasteiger partial charge in [0.2, 0.25) is 0 Å². The Morgan fingerprint density at radius 3 is 2.50 bits per heavy atom. The van der Waals surface area contributed by atoms with Gasteiger partial charge in [0.15, 0.2) is 5.96 Å². The average molecular weight is 323 g/mol. The van der Waals surface area contributed by atoms with Gasteiger partial charge in [0.25, 0.3) is 0 Å². The van der Waals surface area contributed by atoms with Crippen molar-refractivity contribution < 1.29 is 0 Å². The van der Waals surface area contributed by atoms with Crippen LogP contribution in [0.2, 0.25) is 0 Å². The highest BCUT2D eigenvalue weighted by molar-refractivity contribution is 7.11. The summed E-state index contributed by atoms with van der Waals surface area (Å²) in [6.45, 7) is 11.2. The summed E-state index contributed by atoms with van der Waals surface area (Å²) in [5.74, 6) is 0.938. The van der Waals surface area contributed by atoms with E-state index in [-0.39, 0.29) is 0 Å². The van der Waals surface area contributed by atoms with Crippen LogP contribution in [0, 0.1) is 19.3 Å². The molecule has 0 saturated heterocycles. The Labute approximate surface area is 138 Å². The van der Waals surface area contributed by atoms with Crippen LogP contribution in [0.4, 0.5) is 0 Å². The van der Waals surface area contributed by atoms with Crippen LogP contribution in [-0.2, 0) is 6.54 Å². The van der Waals surface area contributed by atoms with E-state index in [0.29, 0.717) is 12.0 Å². The molecule has 5 heteroatoms. The van der Waals surface area contributed by atoms with Gasteiger partial charge < -0.3 is 10.6 Å². The fourth-order valence-electron chi connectivity index (χ4n) is 3.26. The molecule has 0 bridgehead atoms. The van der Waals surface area contributed by atoms with Gasteiger partial charge in [-0.2, -0.15) is 0 Å². The van der Waals surface area contributed by atoms with Gasteiger partial charge in [-0.25, -0.2) is 9.98 Å². The van der Waals surface area contributed by atoms with E-state index in [9.17, 15) is 0 Å². The molecule has 0 aliphatic heterocycles. The van der Waals surface area contributed by atoms with Crippen LogP contribution in [0.3, 0.4) is 0 Å². The summed E-state index contributed by atoms with van der Waals surface area (Å²) < 4.78 is 0. The molecule has 0 spiro atoms. The third kappa shape index (κ3) is 4.45. The van der Waals surface area contributed by atoms with Crippen LogP contribution < -0.4 is 10.6 Å². The van der Waals surface area contributed by atoms with Crippen molar-refractivity contribution in [1.29, 1.82) is 0 Å². The van der Waals surface area contributed by atoms with E-state index < -0.39 is 0 Å². The highest BCUT2D eigenvalue weighted by Gasteiger charge is 2.31. The van der Waals surface area contributed by atoms with E-state index in [0.717, 1.165) is 29.8 Å². The smallest absolute Gasteiger partial charge is 0.191 e. The summed E-state index contributed by atoms with van der Waals surface area (Å²) in [7, 11) is 0. The van der Waals surface area contributed by atoms with Crippen molar-refractivity contribution in [1.82, 2.24) is 15.6 Å². The normalized spacial score (nSPS) is 17.7. The Morgan fingerprint density at radius 1 is 1.23 bits per heavy atom. The molecule has 22 heavy (non-hydrogen) atoms. The Balaban J connectivity index is 1.96. The third-order valence-corrected chi connectivity index (χ3v) is 5.83. The first-order valence-electron chi connectivity index (χ1n) is 8.53. The minimum Gasteiger partial charge on any atom is -0.357 e. The van der Waals surface area contributed by atoms with E-state index in [1.54, 1.807) is 11.3 Å². The van der Waals surface area contributed by atoms with Crippen LogP contribution in [0.25, 0.3) is 0 Å². The summed E-state index contributed by atoms with van der Waals surface area (Å²) in [4.78, 5) is 10.5. The quantitative estimate of drug-likeness (QED) is 0.619. The van der Waals surface area contributed by atoms with Crippen LogP contribution in [0.15, 0.2) is 4.99 Å². The van der Waals surface area contributed by atoms with Gasteiger partial charge in [0.1, 0.15) is 0 Å². The molecule has 0 aromatic carbocycles. The summed E-state index contributed by atoms with van der Waals surface area (Å²) in [5, 5.41) is 8.06. The fraction of sp³-hybridized carbons (Fsp3) is 0.765. The van der Waals surface area contributed by atoms with Crippen LogP contribution in [0.5, 0.6) is 0 Å². The highest BCUT2D eigenvalue weighted by atomic mass is 32.1. The van der Waals surface area contributed by atoms with Crippen molar-refractivity contribution in [3.63, 3.8) is 0 Å². The predicted molar refractivity (Wildman–Crippen MR) is 95.6 cm³/mol. The van der Waals surface area contributed by atoms with Crippen LogP contribution >= 0.6 is 11.3 Å². The molecule has 0 radical (unpaired) electrons. The van der Waals surface area contributed by atoms with Crippen LogP contribution in [-0.4, -0.2) is 24.0 Å². The first-order chi connectivity index (χ1) is 10.6. The van der Waals surface area contributed by atoms with Crippen LogP contribution in [0.1, 0.15) is 61.5 Å². The Hall–Kier alpha value is -1.10.